The number of halogens is 1. The maximum atomic E-state index is 13.0. The molecule has 0 saturated heterocycles. The highest BCUT2D eigenvalue weighted by atomic mass is 35.5. The van der Waals surface area contributed by atoms with Gasteiger partial charge in [-0.15, -0.1) is 0 Å². The van der Waals surface area contributed by atoms with Gasteiger partial charge in [0.15, 0.2) is 6.61 Å². The van der Waals surface area contributed by atoms with Crippen LogP contribution in [0.25, 0.3) is 0 Å². The average Bonchev–Trinajstić information content (AvgIpc) is 2.69. The van der Waals surface area contributed by atoms with Crippen LogP contribution in [0.1, 0.15) is 32.8 Å². The van der Waals surface area contributed by atoms with Gasteiger partial charge in [0.05, 0.1) is 0 Å². The lowest BCUT2D eigenvalue weighted by atomic mass is 10.1. The highest BCUT2D eigenvalue weighted by Gasteiger charge is 2.28. The first-order valence-electron chi connectivity index (χ1n) is 9.92. The molecule has 0 aliphatic rings. The molecule has 1 atom stereocenters. The molecular weight excluding hydrogens is 388 g/mol. The minimum absolute atomic E-state index is 0.00494. The third-order valence-corrected chi connectivity index (χ3v) is 4.69. The summed E-state index contributed by atoms with van der Waals surface area (Å²) in [7, 11) is 0. The summed E-state index contributed by atoms with van der Waals surface area (Å²) < 4.78 is 5.63. The van der Waals surface area contributed by atoms with Crippen molar-refractivity contribution >= 4 is 23.4 Å². The number of benzene rings is 2. The molecule has 0 aliphatic heterocycles. The minimum atomic E-state index is -0.545. The van der Waals surface area contributed by atoms with E-state index in [1.165, 1.54) is 0 Å². The van der Waals surface area contributed by atoms with Gasteiger partial charge in [-0.05, 0) is 50.5 Å². The molecule has 29 heavy (non-hydrogen) atoms. The zero-order chi connectivity index (χ0) is 21.2. The van der Waals surface area contributed by atoms with E-state index in [1.54, 1.807) is 29.2 Å². The molecule has 6 heteroatoms. The van der Waals surface area contributed by atoms with E-state index in [-0.39, 0.29) is 24.5 Å². The van der Waals surface area contributed by atoms with Crippen molar-refractivity contribution in [2.24, 2.45) is 0 Å². The van der Waals surface area contributed by atoms with Crippen LogP contribution in [0.2, 0.25) is 5.02 Å². The normalized spacial score (nSPS) is 11.8. The Bertz CT molecular complexity index is 796. The van der Waals surface area contributed by atoms with Gasteiger partial charge in [0, 0.05) is 17.6 Å². The molecule has 0 bridgehead atoms. The van der Waals surface area contributed by atoms with Crippen LogP contribution in [0.5, 0.6) is 5.75 Å². The molecule has 0 aromatic heterocycles. The molecule has 0 saturated carbocycles. The molecule has 0 spiro atoms. The molecule has 2 amide bonds. The third kappa shape index (κ3) is 7.42. The van der Waals surface area contributed by atoms with Crippen LogP contribution >= 0.6 is 11.6 Å². The Morgan fingerprint density at radius 1 is 1.10 bits per heavy atom. The summed E-state index contributed by atoms with van der Waals surface area (Å²) in [5.74, 6) is 0.145. The second-order valence-electron chi connectivity index (χ2n) is 7.16. The fourth-order valence-corrected chi connectivity index (χ4v) is 3.24. The SMILES string of the molecule is CC[C@H](C(=O)NC(C)C)N(CCc1ccccc1)C(=O)COc1cccc(Cl)c1. The lowest BCUT2D eigenvalue weighted by Crippen LogP contribution is -2.52. The van der Waals surface area contributed by atoms with Crippen LogP contribution in [-0.2, 0) is 16.0 Å². The van der Waals surface area contributed by atoms with Crippen LogP contribution in [-0.4, -0.2) is 41.9 Å². The Morgan fingerprint density at radius 3 is 2.45 bits per heavy atom. The summed E-state index contributed by atoms with van der Waals surface area (Å²) in [6.07, 6.45) is 1.19. The standard InChI is InChI=1S/C23H29ClN2O3/c1-4-21(23(28)25-17(2)3)26(14-13-18-9-6-5-7-10-18)22(27)16-29-20-12-8-11-19(24)15-20/h5-12,15,17,21H,4,13-14,16H2,1-3H3,(H,25,28)/t21-/m1/s1. The van der Waals surface area contributed by atoms with Gasteiger partial charge < -0.3 is 15.0 Å². The summed E-state index contributed by atoms with van der Waals surface area (Å²) in [5.41, 5.74) is 1.11. The third-order valence-electron chi connectivity index (χ3n) is 4.46. The summed E-state index contributed by atoms with van der Waals surface area (Å²) in [5, 5.41) is 3.46. The van der Waals surface area contributed by atoms with Gasteiger partial charge in [-0.3, -0.25) is 9.59 Å². The molecule has 0 unspecified atom stereocenters. The van der Waals surface area contributed by atoms with Crippen molar-refractivity contribution in [1.29, 1.82) is 0 Å². The van der Waals surface area contributed by atoms with Crippen molar-refractivity contribution < 1.29 is 14.3 Å². The summed E-state index contributed by atoms with van der Waals surface area (Å²) in [6.45, 7) is 6.00. The van der Waals surface area contributed by atoms with Crippen molar-refractivity contribution in [2.45, 2.75) is 45.7 Å². The second kappa shape index (κ2) is 11.5. The number of nitrogens with one attached hydrogen (secondary N) is 1. The fraction of sp³-hybridized carbons (Fsp3) is 0.391. The Kier molecular flexibility index (Phi) is 9.00. The van der Waals surface area contributed by atoms with E-state index in [2.05, 4.69) is 5.32 Å². The van der Waals surface area contributed by atoms with Crippen LogP contribution in [0.3, 0.4) is 0 Å². The van der Waals surface area contributed by atoms with Crippen molar-refractivity contribution in [3.8, 4) is 5.75 Å². The van der Waals surface area contributed by atoms with E-state index >= 15 is 0 Å². The largest absolute Gasteiger partial charge is 0.484 e. The number of hydrogen-bond donors (Lipinski definition) is 1. The van der Waals surface area contributed by atoms with Crippen molar-refractivity contribution in [3.05, 3.63) is 65.2 Å². The molecule has 0 radical (unpaired) electrons. The quantitative estimate of drug-likeness (QED) is 0.634. The fourth-order valence-electron chi connectivity index (χ4n) is 3.06. The van der Waals surface area contributed by atoms with Gasteiger partial charge in [0.2, 0.25) is 5.91 Å². The molecule has 0 aliphatic carbocycles. The molecule has 0 heterocycles. The van der Waals surface area contributed by atoms with Crippen molar-refractivity contribution in [1.82, 2.24) is 10.2 Å². The minimum Gasteiger partial charge on any atom is -0.484 e. The zero-order valence-electron chi connectivity index (χ0n) is 17.2. The van der Waals surface area contributed by atoms with Gasteiger partial charge in [-0.25, -0.2) is 0 Å². The lowest BCUT2D eigenvalue weighted by molar-refractivity contribution is -0.142. The molecule has 2 rings (SSSR count). The van der Waals surface area contributed by atoms with E-state index in [0.29, 0.717) is 30.2 Å². The number of carbonyl (C=O) groups excluding carboxylic acids is 2. The number of nitrogens with zero attached hydrogens (tertiary/aromatic N) is 1. The molecule has 1 N–H and O–H groups in total. The number of hydrogen-bond acceptors (Lipinski definition) is 3. The number of amides is 2. The first-order valence-corrected chi connectivity index (χ1v) is 10.3. The molecular formula is C23H29ClN2O3. The highest BCUT2D eigenvalue weighted by molar-refractivity contribution is 6.30. The van der Waals surface area contributed by atoms with Crippen LogP contribution in [0.4, 0.5) is 0 Å². The van der Waals surface area contributed by atoms with E-state index < -0.39 is 6.04 Å². The van der Waals surface area contributed by atoms with Crippen LogP contribution in [0.15, 0.2) is 54.6 Å². The van der Waals surface area contributed by atoms with E-state index in [0.717, 1.165) is 5.56 Å². The van der Waals surface area contributed by atoms with Crippen LogP contribution < -0.4 is 10.1 Å². The number of carbonyl (C=O) groups is 2. The van der Waals surface area contributed by atoms with Gasteiger partial charge in [-0.1, -0.05) is 54.9 Å². The molecule has 156 valence electrons. The number of ether oxygens (including phenoxy) is 1. The first kappa shape index (κ1) is 22.8. The highest BCUT2D eigenvalue weighted by Crippen LogP contribution is 2.17. The summed E-state index contributed by atoms with van der Waals surface area (Å²) in [4.78, 5) is 27.3. The average molecular weight is 417 g/mol. The summed E-state index contributed by atoms with van der Waals surface area (Å²) >= 11 is 5.97. The van der Waals surface area contributed by atoms with Gasteiger partial charge in [0.25, 0.3) is 5.91 Å². The number of rotatable bonds is 10. The topological polar surface area (TPSA) is 58.6 Å². The van der Waals surface area contributed by atoms with Crippen LogP contribution in [0, 0.1) is 0 Å². The first-order chi connectivity index (χ1) is 13.9. The summed E-state index contributed by atoms with van der Waals surface area (Å²) in [6, 6.07) is 16.3. The van der Waals surface area contributed by atoms with Gasteiger partial charge in [0.1, 0.15) is 11.8 Å². The maximum absolute atomic E-state index is 13.0. The predicted molar refractivity (Wildman–Crippen MR) is 116 cm³/mol. The monoisotopic (exact) mass is 416 g/mol. The lowest BCUT2D eigenvalue weighted by Gasteiger charge is -2.31. The van der Waals surface area contributed by atoms with E-state index in [4.69, 9.17) is 16.3 Å². The second-order valence-corrected chi connectivity index (χ2v) is 7.59. The van der Waals surface area contributed by atoms with Gasteiger partial charge in [-0.2, -0.15) is 0 Å². The zero-order valence-corrected chi connectivity index (χ0v) is 18.0. The smallest absolute Gasteiger partial charge is 0.261 e. The Balaban J connectivity index is 2.12. The molecule has 2 aromatic rings. The Morgan fingerprint density at radius 2 is 1.83 bits per heavy atom. The van der Waals surface area contributed by atoms with Crippen molar-refractivity contribution in [2.75, 3.05) is 13.2 Å². The van der Waals surface area contributed by atoms with Gasteiger partial charge >= 0.3 is 0 Å². The molecule has 5 nitrogen and oxygen atoms in total. The molecule has 2 aromatic carbocycles. The Labute approximate surface area is 178 Å². The Hall–Kier alpha value is -2.53. The maximum Gasteiger partial charge on any atom is 0.261 e. The van der Waals surface area contributed by atoms with Crippen molar-refractivity contribution in [3.63, 3.8) is 0 Å². The van der Waals surface area contributed by atoms with E-state index in [9.17, 15) is 9.59 Å². The van der Waals surface area contributed by atoms with E-state index in [1.807, 2.05) is 51.1 Å². The predicted octanol–water partition coefficient (Wildman–Crippen LogP) is 4.09. The molecule has 0 fully saturated rings.